The highest BCUT2D eigenvalue weighted by Crippen LogP contribution is 2.08. The molecule has 142 valence electrons. The Labute approximate surface area is 162 Å². The molecule has 3 rings (SSSR count). The van der Waals surface area contributed by atoms with Crippen molar-refractivity contribution < 1.29 is 4.79 Å². The molecule has 0 atom stereocenters. The van der Waals surface area contributed by atoms with Crippen LogP contribution in [0.3, 0.4) is 0 Å². The first-order valence-electron chi connectivity index (χ1n) is 7.71. The Bertz CT molecular complexity index is 965. The number of aromatic nitrogens is 3. The summed E-state index contributed by atoms with van der Waals surface area (Å²) in [6.45, 7) is 2.19. The van der Waals surface area contributed by atoms with E-state index in [1.807, 2.05) is 0 Å². The zero-order valence-corrected chi connectivity index (χ0v) is 16.1. The third kappa shape index (κ3) is 4.14. The van der Waals surface area contributed by atoms with Gasteiger partial charge < -0.3 is 10.6 Å². The molecular formula is C16H21Cl2N5O3. The molecule has 0 bridgehead atoms. The molecule has 2 aromatic rings. The van der Waals surface area contributed by atoms with Crippen LogP contribution in [-0.2, 0) is 14.1 Å². The second-order valence-corrected chi connectivity index (χ2v) is 5.80. The predicted octanol–water partition coefficient (Wildman–Crippen LogP) is 0.125. The van der Waals surface area contributed by atoms with Gasteiger partial charge in [0.05, 0.1) is 10.9 Å². The topological polar surface area (TPSA) is 98.0 Å². The molecule has 3 heterocycles. The molecule has 0 aliphatic carbocycles. The van der Waals surface area contributed by atoms with Crippen molar-refractivity contribution >= 4 is 41.8 Å². The number of nitrogens with one attached hydrogen (secondary N) is 2. The molecule has 2 N–H and O–H groups in total. The van der Waals surface area contributed by atoms with Gasteiger partial charge in [-0.1, -0.05) is 11.6 Å². The highest BCUT2D eigenvalue weighted by molar-refractivity contribution is 5.96. The van der Waals surface area contributed by atoms with Crippen molar-refractivity contribution in [2.24, 2.45) is 14.1 Å². The second kappa shape index (κ2) is 8.98. The molecule has 8 nitrogen and oxygen atoms in total. The van der Waals surface area contributed by atoms with Crippen LogP contribution in [0.25, 0.3) is 11.0 Å². The Morgan fingerprint density at radius 2 is 2.00 bits per heavy atom. The summed E-state index contributed by atoms with van der Waals surface area (Å²) in [5.74, 6) is -0.292. The summed E-state index contributed by atoms with van der Waals surface area (Å²) in [7, 11) is 2.95. The first kappa shape index (κ1) is 21.9. The normalized spacial score (nSPS) is 13.4. The zero-order chi connectivity index (χ0) is 17.3. The third-order valence-electron chi connectivity index (χ3n) is 4.19. The molecule has 26 heavy (non-hydrogen) atoms. The molecule has 0 saturated carbocycles. The van der Waals surface area contributed by atoms with E-state index in [4.69, 9.17) is 0 Å². The minimum absolute atomic E-state index is 0. The van der Waals surface area contributed by atoms with E-state index >= 15 is 0 Å². The molecule has 1 aliphatic rings. The maximum Gasteiger partial charge on any atom is 0.332 e. The standard InChI is InChI=1S/C16H19N5O3.2ClH/c1-20-13-12(15(23)21(2)16(20)24)7-11(9-18-13)14(22)19-8-10-3-5-17-6-4-10;;/h3,7,9,17H,4-6,8H2,1-2H3,(H,19,22);2*1H. The van der Waals surface area contributed by atoms with E-state index in [0.29, 0.717) is 12.1 Å². The molecule has 0 fully saturated rings. The second-order valence-electron chi connectivity index (χ2n) is 5.80. The molecule has 0 spiro atoms. The molecule has 0 radical (unpaired) electrons. The first-order valence-corrected chi connectivity index (χ1v) is 7.71. The Hall–Kier alpha value is -2.16. The maximum absolute atomic E-state index is 12.3. The summed E-state index contributed by atoms with van der Waals surface area (Å²) in [6, 6.07) is 1.48. The van der Waals surface area contributed by atoms with E-state index in [-0.39, 0.29) is 41.8 Å². The first-order chi connectivity index (χ1) is 11.5. The maximum atomic E-state index is 12.3. The van der Waals surface area contributed by atoms with Crippen molar-refractivity contribution in [3.63, 3.8) is 0 Å². The van der Waals surface area contributed by atoms with E-state index in [0.717, 1.165) is 24.1 Å². The fourth-order valence-electron chi connectivity index (χ4n) is 2.72. The fourth-order valence-corrected chi connectivity index (χ4v) is 2.72. The summed E-state index contributed by atoms with van der Waals surface area (Å²) in [6.07, 6.45) is 4.35. The van der Waals surface area contributed by atoms with E-state index in [9.17, 15) is 14.4 Å². The molecular weight excluding hydrogens is 381 g/mol. The van der Waals surface area contributed by atoms with Crippen molar-refractivity contribution in [1.29, 1.82) is 0 Å². The number of pyridine rings is 1. The van der Waals surface area contributed by atoms with Gasteiger partial charge in [-0.2, -0.15) is 0 Å². The van der Waals surface area contributed by atoms with Crippen LogP contribution >= 0.6 is 24.8 Å². The quantitative estimate of drug-likeness (QED) is 0.712. The molecule has 0 unspecified atom stereocenters. The number of fused-ring (bicyclic) bond motifs is 1. The van der Waals surface area contributed by atoms with E-state index in [1.165, 1.54) is 29.5 Å². The fraction of sp³-hybridized carbons (Fsp3) is 0.375. The third-order valence-corrected chi connectivity index (χ3v) is 4.19. The lowest BCUT2D eigenvalue weighted by atomic mass is 10.1. The van der Waals surface area contributed by atoms with Crippen LogP contribution < -0.4 is 21.9 Å². The Balaban J connectivity index is 0.00000169. The number of halogens is 2. The van der Waals surface area contributed by atoms with Gasteiger partial charge in [-0.3, -0.25) is 18.7 Å². The number of hydrogen-bond acceptors (Lipinski definition) is 5. The number of rotatable bonds is 3. The molecule has 10 heteroatoms. The average molecular weight is 402 g/mol. The van der Waals surface area contributed by atoms with Crippen LogP contribution in [0.5, 0.6) is 0 Å². The smallest absolute Gasteiger partial charge is 0.332 e. The highest BCUT2D eigenvalue weighted by atomic mass is 35.5. The summed E-state index contributed by atoms with van der Waals surface area (Å²) in [5, 5.41) is 6.30. The predicted molar refractivity (Wildman–Crippen MR) is 105 cm³/mol. The van der Waals surface area contributed by atoms with Crippen molar-refractivity contribution in [3.8, 4) is 0 Å². The monoisotopic (exact) mass is 401 g/mol. The minimum atomic E-state index is -0.462. The van der Waals surface area contributed by atoms with Crippen molar-refractivity contribution in [3.05, 3.63) is 50.3 Å². The van der Waals surface area contributed by atoms with Crippen LogP contribution in [-0.4, -0.2) is 39.7 Å². The summed E-state index contributed by atoms with van der Waals surface area (Å²) in [4.78, 5) is 40.6. The molecule has 1 aliphatic heterocycles. The lowest BCUT2D eigenvalue weighted by Gasteiger charge is -2.14. The number of carbonyl (C=O) groups excluding carboxylic acids is 1. The summed E-state index contributed by atoms with van der Waals surface area (Å²) >= 11 is 0. The van der Waals surface area contributed by atoms with Gasteiger partial charge in [0.15, 0.2) is 0 Å². The van der Waals surface area contributed by atoms with Crippen molar-refractivity contribution in [1.82, 2.24) is 24.8 Å². The van der Waals surface area contributed by atoms with E-state index < -0.39 is 11.2 Å². The van der Waals surface area contributed by atoms with Gasteiger partial charge in [0.2, 0.25) is 0 Å². The summed E-state index contributed by atoms with van der Waals surface area (Å²) < 4.78 is 2.30. The zero-order valence-electron chi connectivity index (χ0n) is 14.4. The van der Waals surface area contributed by atoms with Gasteiger partial charge in [-0.05, 0) is 19.0 Å². The minimum Gasteiger partial charge on any atom is -0.348 e. The van der Waals surface area contributed by atoms with Crippen LogP contribution in [0.15, 0.2) is 33.5 Å². The number of carbonyl (C=O) groups is 1. The number of aryl methyl sites for hydroxylation is 1. The van der Waals surface area contributed by atoms with Gasteiger partial charge in [0, 0.05) is 33.4 Å². The van der Waals surface area contributed by atoms with Gasteiger partial charge in [-0.25, -0.2) is 9.78 Å². The summed E-state index contributed by atoms with van der Waals surface area (Å²) in [5.41, 5.74) is 0.828. The van der Waals surface area contributed by atoms with Crippen LogP contribution in [0.4, 0.5) is 0 Å². The van der Waals surface area contributed by atoms with Gasteiger partial charge in [0.25, 0.3) is 11.5 Å². The Morgan fingerprint density at radius 3 is 2.65 bits per heavy atom. The lowest BCUT2D eigenvalue weighted by molar-refractivity contribution is 0.0956. The van der Waals surface area contributed by atoms with Crippen LogP contribution in [0.2, 0.25) is 0 Å². The number of nitrogens with zero attached hydrogens (tertiary/aromatic N) is 3. The van der Waals surface area contributed by atoms with Crippen LogP contribution in [0, 0.1) is 0 Å². The van der Waals surface area contributed by atoms with Gasteiger partial charge in [0.1, 0.15) is 5.65 Å². The van der Waals surface area contributed by atoms with Crippen molar-refractivity contribution in [2.45, 2.75) is 6.42 Å². The number of amides is 1. The van der Waals surface area contributed by atoms with E-state index in [2.05, 4.69) is 21.7 Å². The molecule has 0 aromatic carbocycles. The average Bonchev–Trinajstić information content (AvgIpc) is 2.63. The van der Waals surface area contributed by atoms with E-state index in [1.54, 1.807) is 7.05 Å². The highest BCUT2D eigenvalue weighted by Gasteiger charge is 2.14. The molecule has 2 aromatic heterocycles. The SMILES string of the molecule is Cl.Cl.Cn1c(=O)c2cc(C(=O)NCC3=CCNCC3)cnc2n(C)c1=O. The largest absolute Gasteiger partial charge is 0.348 e. The molecule has 1 amide bonds. The molecule has 0 saturated heterocycles. The van der Waals surface area contributed by atoms with Gasteiger partial charge in [-0.15, -0.1) is 24.8 Å². The van der Waals surface area contributed by atoms with Crippen molar-refractivity contribution in [2.75, 3.05) is 19.6 Å². The van der Waals surface area contributed by atoms with Crippen LogP contribution in [0.1, 0.15) is 16.8 Å². The lowest BCUT2D eigenvalue weighted by Crippen LogP contribution is -2.37. The Kier molecular flexibility index (Phi) is 7.55. The Morgan fingerprint density at radius 1 is 1.27 bits per heavy atom. The van der Waals surface area contributed by atoms with Gasteiger partial charge >= 0.3 is 5.69 Å². The number of hydrogen-bond donors (Lipinski definition) is 2.